The van der Waals surface area contributed by atoms with Crippen molar-refractivity contribution in [1.82, 2.24) is 0 Å². The van der Waals surface area contributed by atoms with Gasteiger partial charge in [-0.2, -0.15) is 0 Å². The van der Waals surface area contributed by atoms with Gasteiger partial charge in [0.2, 0.25) is 0 Å². The number of aromatic hydroxyl groups is 2. The zero-order valence-corrected chi connectivity index (χ0v) is 9.36. The van der Waals surface area contributed by atoms with Crippen LogP contribution in [0.3, 0.4) is 0 Å². The summed E-state index contributed by atoms with van der Waals surface area (Å²) in [6.07, 6.45) is 0. The molecule has 1 radical (unpaired) electrons. The first kappa shape index (κ1) is 10.4. The normalized spacial score (nSPS) is 9.54. The van der Waals surface area contributed by atoms with E-state index in [1.54, 1.807) is 24.3 Å². The summed E-state index contributed by atoms with van der Waals surface area (Å²) < 4.78 is 0. The monoisotopic (exact) mass is 183 g/mol. The third-order valence-electron chi connectivity index (χ3n) is 1.81. The molecule has 2 aromatic rings. The van der Waals surface area contributed by atoms with E-state index in [2.05, 4.69) is 0 Å². The minimum absolute atomic E-state index is 0. The van der Waals surface area contributed by atoms with Crippen LogP contribution in [0.2, 0.25) is 0 Å². The maximum absolute atomic E-state index is 9.14. The Hall–Kier alpha value is -0.700. The van der Waals surface area contributed by atoms with Crippen LogP contribution in [0.15, 0.2) is 36.4 Å². The van der Waals surface area contributed by atoms with Crippen LogP contribution in [-0.4, -0.2) is 39.8 Å². The predicted molar refractivity (Wildman–Crippen MR) is 53.0 cm³/mol. The molecule has 0 aliphatic carbocycles. The van der Waals surface area contributed by atoms with Crippen molar-refractivity contribution < 1.29 is 10.2 Å². The van der Waals surface area contributed by atoms with Gasteiger partial charge in [0, 0.05) is 29.6 Å². The van der Waals surface area contributed by atoms with Crippen molar-refractivity contribution in [3.8, 4) is 11.5 Å². The van der Waals surface area contributed by atoms with Crippen molar-refractivity contribution in [1.29, 1.82) is 0 Å². The van der Waals surface area contributed by atoms with E-state index in [-0.39, 0.29) is 41.1 Å². The molecule has 0 saturated heterocycles. The van der Waals surface area contributed by atoms with E-state index in [9.17, 15) is 0 Å². The molecular weight excluding hydrogens is 175 g/mol. The summed E-state index contributed by atoms with van der Waals surface area (Å²) >= 11 is 0. The quantitative estimate of drug-likeness (QED) is 0.612. The fourth-order valence-corrected chi connectivity index (χ4v) is 1.22. The van der Waals surface area contributed by atoms with Gasteiger partial charge in [-0.3, -0.25) is 0 Å². The summed E-state index contributed by atoms with van der Waals surface area (Å²) in [6, 6.07) is 10.1. The molecule has 0 aliphatic heterocycles. The molecule has 0 saturated carbocycles. The zero-order chi connectivity index (χ0) is 8.55. The number of hydrogen-bond acceptors (Lipinski definition) is 2. The van der Waals surface area contributed by atoms with Crippen molar-refractivity contribution in [3.05, 3.63) is 36.4 Å². The molecule has 0 aliphatic rings. The van der Waals surface area contributed by atoms with Crippen molar-refractivity contribution in [2.75, 3.05) is 0 Å². The SMILES string of the molecule is Oc1ccc2ccc(O)cc2c1.[Na]. The molecule has 3 heteroatoms. The van der Waals surface area contributed by atoms with Crippen molar-refractivity contribution in [3.63, 3.8) is 0 Å². The molecule has 0 aromatic heterocycles. The van der Waals surface area contributed by atoms with Gasteiger partial charge in [0.1, 0.15) is 11.5 Å². The third-order valence-corrected chi connectivity index (χ3v) is 1.81. The molecule has 2 N–H and O–H groups in total. The molecule has 0 spiro atoms. The number of hydrogen-bond donors (Lipinski definition) is 2. The van der Waals surface area contributed by atoms with Gasteiger partial charge >= 0.3 is 0 Å². The Balaban J connectivity index is 0.000000845. The summed E-state index contributed by atoms with van der Waals surface area (Å²) in [4.78, 5) is 0. The molecule has 0 fully saturated rings. The smallest absolute Gasteiger partial charge is 0.116 e. The number of phenolic OH excluding ortho intramolecular Hbond substituents is 2. The molecule has 2 rings (SSSR count). The van der Waals surface area contributed by atoms with Crippen LogP contribution >= 0.6 is 0 Å². The fraction of sp³-hybridized carbons (Fsp3) is 0. The van der Waals surface area contributed by atoms with Gasteiger partial charge in [-0.15, -0.1) is 0 Å². The summed E-state index contributed by atoms with van der Waals surface area (Å²) in [5.74, 6) is 0.432. The standard InChI is InChI=1S/C10H8O2.Na/c11-9-3-1-7-2-4-10(12)6-8(7)5-9;/h1-6,11-12H;. The zero-order valence-electron chi connectivity index (χ0n) is 7.36. The third kappa shape index (κ3) is 2.15. The Kier molecular flexibility index (Phi) is 3.20. The number of rotatable bonds is 0. The second-order valence-corrected chi connectivity index (χ2v) is 2.72. The first-order valence-corrected chi connectivity index (χ1v) is 3.67. The minimum Gasteiger partial charge on any atom is -0.508 e. The van der Waals surface area contributed by atoms with Crippen LogP contribution in [-0.2, 0) is 0 Å². The Morgan fingerprint density at radius 3 is 1.62 bits per heavy atom. The first-order chi connectivity index (χ1) is 5.75. The van der Waals surface area contributed by atoms with Crippen molar-refractivity contribution >= 4 is 40.3 Å². The average Bonchev–Trinajstić information content (AvgIpc) is 2.03. The molecule has 0 unspecified atom stereocenters. The molecule has 0 bridgehead atoms. The second-order valence-electron chi connectivity index (χ2n) is 2.72. The molecule has 0 heterocycles. The van der Waals surface area contributed by atoms with Crippen LogP contribution in [0.25, 0.3) is 10.8 Å². The molecule has 2 nitrogen and oxygen atoms in total. The van der Waals surface area contributed by atoms with Gasteiger partial charge in [0.05, 0.1) is 0 Å². The molecule has 0 amide bonds. The van der Waals surface area contributed by atoms with Crippen molar-refractivity contribution in [2.24, 2.45) is 0 Å². The Morgan fingerprint density at radius 1 is 0.692 bits per heavy atom. The number of phenols is 2. The van der Waals surface area contributed by atoms with Gasteiger partial charge < -0.3 is 10.2 Å². The molecular formula is C10H8NaO2. The summed E-state index contributed by atoms with van der Waals surface area (Å²) in [7, 11) is 0. The molecule has 0 atom stereocenters. The second kappa shape index (κ2) is 4.01. The van der Waals surface area contributed by atoms with E-state index in [4.69, 9.17) is 10.2 Å². The van der Waals surface area contributed by atoms with Crippen molar-refractivity contribution in [2.45, 2.75) is 0 Å². The first-order valence-electron chi connectivity index (χ1n) is 3.67. The van der Waals surface area contributed by atoms with E-state index in [1.165, 1.54) is 0 Å². The van der Waals surface area contributed by atoms with E-state index in [0.717, 1.165) is 10.8 Å². The fourth-order valence-electron chi connectivity index (χ4n) is 1.22. The van der Waals surface area contributed by atoms with Crippen LogP contribution in [0.4, 0.5) is 0 Å². The topological polar surface area (TPSA) is 40.5 Å². The van der Waals surface area contributed by atoms with Gasteiger partial charge in [-0.1, -0.05) is 12.1 Å². The van der Waals surface area contributed by atoms with Crippen LogP contribution in [0.1, 0.15) is 0 Å². The van der Waals surface area contributed by atoms with Crippen LogP contribution < -0.4 is 0 Å². The van der Waals surface area contributed by atoms with Crippen LogP contribution in [0.5, 0.6) is 11.5 Å². The maximum Gasteiger partial charge on any atom is 0.116 e. The van der Waals surface area contributed by atoms with Gasteiger partial charge in [-0.25, -0.2) is 0 Å². The Morgan fingerprint density at radius 2 is 1.15 bits per heavy atom. The molecule has 2 aromatic carbocycles. The van der Waals surface area contributed by atoms with E-state index >= 15 is 0 Å². The maximum atomic E-state index is 9.14. The number of fused-ring (bicyclic) bond motifs is 1. The van der Waals surface area contributed by atoms with Gasteiger partial charge in [0.15, 0.2) is 0 Å². The summed E-state index contributed by atoms with van der Waals surface area (Å²) in [6.45, 7) is 0. The molecule has 13 heavy (non-hydrogen) atoms. The molecule has 61 valence electrons. The minimum atomic E-state index is 0. The summed E-state index contributed by atoms with van der Waals surface area (Å²) in [5, 5.41) is 20.1. The Bertz CT molecular complexity index is 389. The Labute approximate surface area is 98.1 Å². The van der Waals surface area contributed by atoms with Gasteiger partial charge in [-0.05, 0) is 35.0 Å². The average molecular weight is 183 g/mol. The largest absolute Gasteiger partial charge is 0.508 e. The van der Waals surface area contributed by atoms with Gasteiger partial charge in [0.25, 0.3) is 0 Å². The van der Waals surface area contributed by atoms with E-state index in [1.807, 2.05) is 12.1 Å². The van der Waals surface area contributed by atoms with E-state index in [0.29, 0.717) is 0 Å². The summed E-state index contributed by atoms with van der Waals surface area (Å²) in [5.41, 5.74) is 0. The van der Waals surface area contributed by atoms with E-state index < -0.39 is 0 Å². The number of benzene rings is 2. The van der Waals surface area contributed by atoms with Crippen LogP contribution in [0, 0.1) is 0 Å². The predicted octanol–water partition coefficient (Wildman–Crippen LogP) is 1.87.